The number of hydrogen-bond acceptors (Lipinski definition) is 2. The standard InChI is InChI=1S/C9H15NO3/c1-6-4-3-5-7(2)10(6)8(11)9(12)13/h6-7H,3-5H2,1-2H3,(H,12,13)/t6-,7+. The van der Waals surface area contributed by atoms with Gasteiger partial charge in [-0.3, -0.25) is 4.79 Å². The van der Waals surface area contributed by atoms with Crippen molar-refractivity contribution in [1.82, 2.24) is 4.90 Å². The fraction of sp³-hybridized carbons (Fsp3) is 0.778. The van der Waals surface area contributed by atoms with Gasteiger partial charge in [-0.2, -0.15) is 0 Å². The normalized spacial score (nSPS) is 28.6. The fourth-order valence-corrected chi connectivity index (χ4v) is 1.93. The number of rotatable bonds is 0. The van der Waals surface area contributed by atoms with Crippen LogP contribution in [0.5, 0.6) is 0 Å². The molecule has 1 aliphatic rings. The molecule has 1 aliphatic heterocycles. The third-order valence-electron chi connectivity index (χ3n) is 2.61. The molecule has 2 atom stereocenters. The van der Waals surface area contributed by atoms with Gasteiger partial charge in [0, 0.05) is 12.1 Å². The second kappa shape index (κ2) is 3.77. The van der Waals surface area contributed by atoms with E-state index in [2.05, 4.69) is 0 Å². The van der Waals surface area contributed by atoms with Gasteiger partial charge < -0.3 is 10.0 Å². The Kier molecular flexibility index (Phi) is 2.90. The Balaban J connectivity index is 2.74. The lowest BCUT2D eigenvalue weighted by molar-refractivity contribution is -0.159. The molecule has 0 spiro atoms. The SMILES string of the molecule is C[C@@H]1CCC[C@H](C)N1C(=O)C(=O)O. The Bertz CT molecular complexity index is 217. The molecule has 1 saturated heterocycles. The number of aliphatic carboxylic acids is 1. The summed E-state index contributed by atoms with van der Waals surface area (Å²) in [5, 5.41) is 8.58. The molecular formula is C9H15NO3. The maximum absolute atomic E-state index is 11.2. The molecule has 0 unspecified atom stereocenters. The third-order valence-corrected chi connectivity index (χ3v) is 2.61. The molecule has 4 nitrogen and oxygen atoms in total. The molecule has 0 bridgehead atoms. The second-order valence-electron chi connectivity index (χ2n) is 3.65. The zero-order valence-electron chi connectivity index (χ0n) is 7.99. The molecule has 1 N–H and O–H groups in total. The Hall–Kier alpha value is -1.06. The lowest BCUT2D eigenvalue weighted by atomic mass is 9.97. The lowest BCUT2D eigenvalue weighted by Crippen LogP contribution is -2.50. The molecule has 0 aliphatic carbocycles. The van der Waals surface area contributed by atoms with Crippen LogP contribution >= 0.6 is 0 Å². The Morgan fingerprint density at radius 1 is 1.23 bits per heavy atom. The van der Waals surface area contributed by atoms with E-state index in [9.17, 15) is 9.59 Å². The van der Waals surface area contributed by atoms with E-state index in [1.165, 1.54) is 4.90 Å². The zero-order valence-corrected chi connectivity index (χ0v) is 7.99. The van der Waals surface area contributed by atoms with Crippen LogP contribution in [0.25, 0.3) is 0 Å². The van der Waals surface area contributed by atoms with Gasteiger partial charge in [-0.05, 0) is 33.1 Å². The Morgan fingerprint density at radius 2 is 1.69 bits per heavy atom. The van der Waals surface area contributed by atoms with E-state index in [-0.39, 0.29) is 12.1 Å². The summed E-state index contributed by atoms with van der Waals surface area (Å²) in [6.07, 6.45) is 2.89. The van der Waals surface area contributed by atoms with Gasteiger partial charge in [-0.25, -0.2) is 4.79 Å². The van der Waals surface area contributed by atoms with Crippen molar-refractivity contribution >= 4 is 11.9 Å². The van der Waals surface area contributed by atoms with E-state index in [0.717, 1.165) is 19.3 Å². The van der Waals surface area contributed by atoms with Crippen LogP contribution in [0.15, 0.2) is 0 Å². The van der Waals surface area contributed by atoms with Gasteiger partial charge in [0.15, 0.2) is 0 Å². The summed E-state index contributed by atoms with van der Waals surface area (Å²) in [4.78, 5) is 23.2. The number of carbonyl (C=O) groups is 2. The van der Waals surface area contributed by atoms with Gasteiger partial charge in [0.1, 0.15) is 0 Å². The van der Waals surface area contributed by atoms with Crippen LogP contribution < -0.4 is 0 Å². The molecule has 13 heavy (non-hydrogen) atoms. The van der Waals surface area contributed by atoms with E-state index in [4.69, 9.17) is 5.11 Å². The van der Waals surface area contributed by atoms with Crippen molar-refractivity contribution < 1.29 is 14.7 Å². The van der Waals surface area contributed by atoms with Crippen LogP contribution in [-0.2, 0) is 9.59 Å². The van der Waals surface area contributed by atoms with Crippen molar-refractivity contribution in [2.24, 2.45) is 0 Å². The summed E-state index contributed by atoms with van der Waals surface area (Å²) in [6.45, 7) is 3.80. The monoisotopic (exact) mass is 185 g/mol. The molecule has 74 valence electrons. The number of carboxylic acids is 1. The molecule has 0 aromatic heterocycles. The van der Waals surface area contributed by atoms with Gasteiger partial charge in [-0.15, -0.1) is 0 Å². The van der Waals surface area contributed by atoms with Crippen LogP contribution in [0.2, 0.25) is 0 Å². The number of hydrogen-bond donors (Lipinski definition) is 1. The first-order valence-corrected chi connectivity index (χ1v) is 4.59. The van der Waals surface area contributed by atoms with E-state index in [1.54, 1.807) is 0 Å². The van der Waals surface area contributed by atoms with Crippen LogP contribution in [-0.4, -0.2) is 34.0 Å². The molecule has 1 heterocycles. The van der Waals surface area contributed by atoms with Crippen LogP contribution in [0, 0.1) is 0 Å². The zero-order chi connectivity index (χ0) is 10.0. The van der Waals surface area contributed by atoms with Crippen LogP contribution in [0.1, 0.15) is 33.1 Å². The molecule has 0 aromatic rings. The van der Waals surface area contributed by atoms with Crippen molar-refractivity contribution in [3.05, 3.63) is 0 Å². The van der Waals surface area contributed by atoms with Gasteiger partial charge >= 0.3 is 11.9 Å². The highest BCUT2D eigenvalue weighted by Crippen LogP contribution is 2.22. The maximum Gasteiger partial charge on any atom is 0.394 e. The van der Waals surface area contributed by atoms with Crippen molar-refractivity contribution in [3.63, 3.8) is 0 Å². The van der Waals surface area contributed by atoms with Gasteiger partial charge in [-0.1, -0.05) is 0 Å². The molecule has 0 aromatic carbocycles. The minimum atomic E-state index is -1.35. The fourth-order valence-electron chi connectivity index (χ4n) is 1.93. The summed E-state index contributed by atoms with van der Waals surface area (Å²) in [6, 6.07) is 0.125. The summed E-state index contributed by atoms with van der Waals surface area (Å²) < 4.78 is 0. The predicted molar refractivity (Wildman–Crippen MR) is 47.3 cm³/mol. The molecule has 1 rings (SSSR count). The predicted octanol–water partition coefficient (Wildman–Crippen LogP) is 0.861. The largest absolute Gasteiger partial charge is 0.474 e. The first-order chi connectivity index (χ1) is 6.04. The van der Waals surface area contributed by atoms with Crippen molar-refractivity contribution in [2.75, 3.05) is 0 Å². The number of nitrogens with zero attached hydrogens (tertiary/aromatic N) is 1. The molecule has 0 saturated carbocycles. The topological polar surface area (TPSA) is 57.6 Å². The molecule has 0 radical (unpaired) electrons. The van der Waals surface area contributed by atoms with Gasteiger partial charge in [0.2, 0.25) is 0 Å². The number of carbonyl (C=O) groups excluding carboxylic acids is 1. The molecule has 4 heteroatoms. The second-order valence-corrected chi connectivity index (χ2v) is 3.65. The molecular weight excluding hydrogens is 170 g/mol. The van der Waals surface area contributed by atoms with Crippen LogP contribution in [0.4, 0.5) is 0 Å². The van der Waals surface area contributed by atoms with E-state index in [1.807, 2.05) is 13.8 Å². The lowest BCUT2D eigenvalue weighted by Gasteiger charge is -2.37. The molecule has 1 fully saturated rings. The van der Waals surface area contributed by atoms with Crippen molar-refractivity contribution in [3.8, 4) is 0 Å². The smallest absolute Gasteiger partial charge is 0.394 e. The van der Waals surface area contributed by atoms with E-state index >= 15 is 0 Å². The summed E-state index contributed by atoms with van der Waals surface area (Å²) >= 11 is 0. The van der Waals surface area contributed by atoms with Crippen LogP contribution in [0.3, 0.4) is 0 Å². The average Bonchev–Trinajstić information content (AvgIpc) is 2.03. The number of amides is 1. The highest BCUT2D eigenvalue weighted by molar-refractivity contribution is 6.31. The number of likely N-dealkylation sites (tertiary alicyclic amines) is 1. The first-order valence-electron chi connectivity index (χ1n) is 4.59. The summed E-state index contributed by atoms with van der Waals surface area (Å²) in [5.74, 6) is -2.11. The summed E-state index contributed by atoms with van der Waals surface area (Å²) in [7, 11) is 0. The van der Waals surface area contributed by atoms with E-state index in [0.29, 0.717) is 0 Å². The minimum Gasteiger partial charge on any atom is -0.474 e. The van der Waals surface area contributed by atoms with Crippen molar-refractivity contribution in [1.29, 1.82) is 0 Å². The van der Waals surface area contributed by atoms with Gasteiger partial charge in [0.05, 0.1) is 0 Å². The quantitative estimate of drug-likeness (QED) is 0.569. The number of piperidine rings is 1. The highest BCUT2D eigenvalue weighted by Gasteiger charge is 2.32. The summed E-state index contributed by atoms with van der Waals surface area (Å²) in [5.41, 5.74) is 0. The average molecular weight is 185 g/mol. The number of carboxylic acid groups (broad SMARTS) is 1. The Labute approximate surface area is 77.5 Å². The third kappa shape index (κ3) is 1.99. The molecule has 1 amide bonds. The first kappa shape index (κ1) is 10.0. The minimum absolute atomic E-state index is 0.0624. The highest BCUT2D eigenvalue weighted by atomic mass is 16.4. The van der Waals surface area contributed by atoms with Gasteiger partial charge in [0.25, 0.3) is 0 Å². The van der Waals surface area contributed by atoms with Crippen molar-refractivity contribution in [2.45, 2.75) is 45.2 Å². The van der Waals surface area contributed by atoms with E-state index < -0.39 is 11.9 Å². The maximum atomic E-state index is 11.2. The Morgan fingerprint density at radius 3 is 2.08 bits per heavy atom.